The Labute approximate surface area is 105 Å². The Morgan fingerprint density at radius 2 is 2.00 bits per heavy atom. The average Bonchev–Trinajstić information content (AvgIpc) is 2.35. The van der Waals surface area contributed by atoms with Crippen LogP contribution in [0.5, 0.6) is 0 Å². The fourth-order valence-electron chi connectivity index (χ4n) is 2.63. The molecule has 0 aromatic heterocycles. The van der Waals surface area contributed by atoms with Crippen molar-refractivity contribution in [2.75, 3.05) is 18.6 Å². The summed E-state index contributed by atoms with van der Waals surface area (Å²) in [6.07, 6.45) is 10.1. The number of nitrogens with one attached hydrogen (secondary N) is 1. The molecular formula is C13H27NOS. The quantitative estimate of drug-likeness (QED) is 0.723. The van der Waals surface area contributed by atoms with Gasteiger partial charge < -0.3 is 10.4 Å². The lowest BCUT2D eigenvalue weighted by Crippen LogP contribution is -2.43. The molecule has 16 heavy (non-hydrogen) atoms. The maximum Gasteiger partial charge on any atom is 0.0585 e. The summed E-state index contributed by atoms with van der Waals surface area (Å²) in [7, 11) is 0. The van der Waals surface area contributed by atoms with E-state index in [1.165, 1.54) is 32.1 Å². The molecule has 0 spiro atoms. The third kappa shape index (κ3) is 5.07. The minimum atomic E-state index is 0.275. The monoisotopic (exact) mass is 245 g/mol. The van der Waals surface area contributed by atoms with Crippen LogP contribution < -0.4 is 5.32 Å². The highest BCUT2D eigenvalue weighted by Crippen LogP contribution is 2.26. The molecule has 2 atom stereocenters. The van der Waals surface area contributed by atoms with E-state index in [0.717, 1.165) is 18.1 Å². The molecule has 1 fully saturated rings. The lowest BCUT2D eigenvalue weighted by atomic mass is 9.84. The van der Waals surface area contributed by atoms with Crippen molar-refractivity contribution >= 4 is 11.8 Å². The van der Waals surface area contributed by atoms with Gasteiger partial charge in [0.05, 0.1) is 6.61 Å². The fraction of sp³-hybridized carbons (Fsp3) is 1.00. The van der Waals surface area contributed by atoms with Gasteiger partial charge in [0.25, 0.3) is 0 Å². The highest BCUT2D eigenvalue weighted by atomic mass is 32.2. The van der Waals surface area contributed by atoms with Gasteiger partial charge >= 0.3 is 0 Å². The molecule has 0 heterocycles. The molecular weight excluding hydrogens is 218 g/mol. The normalized spacial score (nSPS) is 21.9. The van der Waals surface area contributed by atoms with Gasteiger partial charge in [-0.1, -0.05) is 19.3 Å². The van der Waals surface area contributed by atoms with Crippen LogP contribution in [0.15, 0.2) is 0 Å². The summed E-state index contributed by atoms with van der Waals surface area (Å²) in [6.45, 7) is 2.56. The maximum atomic E-state index is 9.33. The van der Waals surface area contributed by atoms with Crippen molar-refractivity contribution in [2.45, 2.75) is 57.5 Å². The number of thioether (sulfide) groups is 1. The van der Waals surface area contributed by atoms with E-state index in [2.05, 4.69) is 18.5 Å². The van der Waals surface area contributed by atoms with Gasteiger partial charge in [-0.25, -0.2) is 0 Å². The second kappa shape index (κ2) is 8.37. The van der Waals surface area contributed by atoms with Crippen LogP contribution >= 0.6 is 11.8 Å². The van der Waals surface area contributed by atoms with Crippen LogP contribution in [0, 0.1) is 5.92 Å². The van der Waals surface area contributed by atoms with Gasteiger partial charge in [-0.05, 0) is 44.1 Å². The van der Waals surface area contributed by atoms with Crippen LogP contribution in [0.1, 0.15) is 45.4 Å². The average molecular weight is 245 g/mol. The van der Waals surface area contributed by atoms with Gasteiger partial charge in [0.15, 0.2) is 0 Å². The number of aliphatic hydroxyl groups excluding tert-OH is 1. The summed E-state index contributed by atoms with van der Waals surface area (Å²) in [6, 6.07) is 0.865. The van der Waals surface area contributed by atoms with Gasteiger partial charge in [-0.3, -0.25) is 0 Å². The van der Waals surface area contributed by atoms with Gasteiger partial charge in [-0.15, -0.1) is 0 Å². The first-order valence-corrected chi connectivity index (χ1v) is 8.03. The first kappa shape index (κ1) is 14.3. The van der Waals surface area contributed by atoms with E-state index in [1.807, 2.05) is 11.8 Å². The maximum absolute atomic E-state index is 9.33. The van der Waals surface area contributed by atoms with Crippen molar-refractivity contribution < 1.29 is 5.11 Å². The van der Waals surface area contributed by atoms with Crippen LogP contribution in [0.2, 0.25) is 0 Å². The molecule has 2 nitrogen and oxygen atoms in total. The van der Waals surface area contributed by atoms with Crippen LogP contribution in [0.25, 0.3) is 0 Å². The zero-order valence-corrected chi connectivity index (χ0v) is 11.6. The molecule has 96 valence electrons. The zero-order valence-electron chi connectivity index (χ0n) is 10.7. The van der Waals surface area contributed by atoms with E-state index in [9.17, 15) is 5.11 Å². The molecule has 2 N–H and O–H groups in total. The van der Waals surface area contributed by atoms with Gasteiger partial charge in [0, 0.05) is 12.1 Å². The third-order valence-electron chi connectivity index (χ3n) is 3.75. The highest BCUT2D eigenvalue weighted by Gasteiger charge is 2.21. The molecule has 0 bridgehead atoms. The van der Waals surface area contributed by atoms with Crippen molar-refractivity contribution in [1.29, 1.82) is 0 Å². The van der Waals surface area contributed by atoms with E-state index in [-0.39, 0.29) is 6.61 Å². The molecule has 1 aliphatic carbocycles. The van der Waals surface area contributed by atoms with Crippen LogP contribution in [0.3, 0.4) is 0 Å². The Morgan fingerprint density at radius 1 is 1.31 bits per heavy atom. The van der Waals surface area contributed by atoms with Gasteiger partial charge in [0.2, 0.25) is 0 Å². The second-order valence-corrected chi connectivity index (χ2v) is 6.00. The Balaban J connectivity index is 2.26. The number of aliphatic hydroxyl groups is 1. The standard InChI is InChI=1S/C13H27NOS/c1-11(12-6-4-3-5-7-12)14-13(10-15)8-9-16-2/h11-15H,3-10H2,1-2H3. The molecule has 0 amide bonds. The van der Waals surface area contributed by atoms with Crippen molar-refractivity contribution in [1.82, 2.24) is 5.32 Å². The van der Waals surface area contributed by atoms with Crippen molar-refractivity contribution in [2.24, 2.45) is 5.92 Å². The van der Waals surface area contributed by atoms with E-state index in [1.54, 1.807) is 0 Å². The van der Waals surface area contributed by atoms with E-state index in [4.69, 9.17) is 0 Å². The summed E-state index contributed by atoms with van der Waals surface area (Å²) < 4.78 is 0. The molecule has 1 rings (SSSR count). The van der Waals surface area contributed by atoms with E-state index >= 15 is 0 Å². The lowest BCUT2D eigenvalue weighted by molar-refractivity contribution is 0.201. The SMILES string of the molecule is CSCCC(CO)NC(C)C1CCCCC1. The molecule has 0 aromatic rings. The van der Waals surface area contributed by atoms with Crippen molar-refractivity contribution in [3.05, 3.63) is 0 Å². The summed E-state index contributed by atoms with van der Waals surface area (Å²) in [5, 5.41) is 12.9. The Morgan fingerprint density at radius 3 is 2.56 bits per heavy atom. The third-order valence-corrected chi connectivity index (χ3v) is 4.39. The van der Waals surface area contributed by atoms with E-state index < -0.39 is 0 Å². The number of rotatable bonds is 7. The number of hydrogen-bond acceptors (Lipinski definition) is 3. The Kier molecular flexibility index (Phi) is 7.50. The Hall–Kier alpha value is 0.270. The predicted molar refractivity (Wildman–Crippen MR) is 73.0 cm³/mol. The van der Waals surface area contributed by atoms with Gasteiger partial charge in [0.1, 0.15) is 0 Å². The summed E-state index contributed by atoms with van der Waals surface area (Å²) in [5.74, 6) is 1.97. The molecule has 1 aliphatic rings. The Bertz CT molecular complexity index is 171. The van der Waals surface area contributed by atoms with E-state index in [0.29, 0.717) is 12.1 Å². The smallest absolute Gasteiger partial charge is 0.0585 e. The predicted octanol–water partition coefficient (Wildman–Crippen LogP) is 2.66. The minimum Gasteiger partial charge on any atom is -0.395 e. The zero-order chi connectivity index (χ0) is 11.8. The molecule has 0 radical (unpaired) electrons. The van der Waals surface area contributed by atoms with Crippen molar-refractivity contribution in [3.8, 4) is 0 Å². The van der Waals surface area contributed by atoms with Crippen LogP contribution in [-0.2, 0) is 0 Å². The molecule has 0 aliphatic heterocycles. The van der Waals surface area contributed by atoms with Crippen LogP contribution in [0.4, 0.5) is 0 Å². The molecule has 0 aromatic carbocycles. The minimum absolute atomic E-state index is 0.275. The van der Waals surface area contributed by atoms with Gasteiger partial charge in [-0.2, -0.15) is 11.8 Å². The van der Waals surface area contributed by atoms with Crippen molar-refractivity contribution in [3.63, 3.8) is 0 Å². The number of hydrogen-bond donors (Lipinski definition) is 2. The molecule has 3 heteroatoms. The fourth-order valence-corrected chi connectivity index (χ4v) is 3.15. The largest absolute Gasteiger partial charge is 0.395 e. The molecule has 2 unspecified atom stereocenters. The highest BCUT2D eigenvalue weighted by molar-refractivity contribution is 7.98. The topological polar surface area (TPSA) is 32.3 Å². The summed E-state index contributed by atoms with van der Waals surface area (Å²) in [4.78, 5) is 0. The molecule has 0 saturated heterocycles. The first-order chi connectivity index (χ1) is 7.77. The van der Waals surface area contributed by atoms with Crippen LogP contribution in [-0.4, -0.2) is 35.8 Å². The molecule has 1 saturated carbocycles. The summed E-state index contributed by atoms with van der Waals surface area (Å²) in [5.41, 5.74) is 0. The lowest BCUT2D eigenvalue weighted by Gasteiger charge is -2.31. The first-order valence-electron chi connectivity index (χ1n) is 6.63. The summed E-state index contributed by atoms with van der Waals surface area (Å²) >= 11 is 1.86. The second-order valence-electron chi connectivity index (χ2n) is 5.01.